The molecule has 0 saturated carbocycles. The number of anilines is 5. The van der Waals surface area contributed by atoms with Crippen molar-refractivity contribution in [3.8, 4) is 11.1 Å². The molecule has 0 bridgehead atoms. The molecule has 0 heterocycles. The molecule has 0 unspecified atom stereocenters. The van der Waals surface area contributed by atoms with Crippen LogP contribution in [0.15, 0.2) is 189 Å². The standard InChI is InChI=1S/C42H32N2/c1-3-31(2)43(38-14-6-4-7-15-38)40-24-20-33(21-25-40)35-18-19-37-30-42(27-23-36(37)28-35)44(39-16-8-5-9-17-39)41-26-22-32-12-10-11-13-34(32)29-41/h3-30H,1-2H2. The minimum Gasteiger partial charge on any atom is -0.311 e. The van der Waals surface area contributed by atoms with Gasteiger partial charge >= 0.3 is 0 Å². The number of rotatable bonds is 8. The molecule has 2 heteroatoms. The largest absolute Gasteiger partial charge is 0.311 e. The molecule has 7 aromatic rings. The second-order valence-electron chi connectivity index (χ2n) is 10.9. The Bertz CT molecular complexity index is 2090. The van der Waals surface area contributed by atoms with E-state index in [1.165, 1.54) is 32.7 Å². The van der Waals surface area contributed by atoms with Gasteiger partial charge in [0.1, 0.15) is 0 Å². The highest BCUT2D eigenvalue weighted by atomic mass is 15.1. The maximum atomic E-state index is 4.22. The van der Waals surface area contributed by atoms with Crippen molar-refractivity contribution in [2.75, 3.05) is 9.80 Å². The minimum absolute atomic E-state index is 0.832. The van der Waals surface area contributed by atoms with E-state index >= 15 is 0 Å². The summed E-state index contributed by atoms with van der Waals surface area (Å²) in [5.74, 6) is 0. The van der Waals surface area contributed by atoms with Gasteiger partial charge in [-0.2, -0.15) is 0 Å². The number of hydrogen-bond donors (Lipinski definition) is 0. The molecule has 0 aliphatic carbocycles. The van der Waals surface area contributed by atoms with Crippen LogP contribution < -0.4 is 9.80 Å². The van der Waals surface area contributed by atoms with Crippen molar-refractivity contribution in [3.63, 3.8) is 0 Å². The van der Waals surface area contributed by atoms with Crippen LogP contribution in [-0.4, -0.2) is 0 Å². The van der Waals surface area contributed by atoms with Gasteiger partial charge in [-0.1, -0.05) is 110 Å². The van der Waals surface area contributed by atoms with E-state index in [-0.39, 0.29) is 0 Å². The van der Waals surface area contributed by atoms with Crippen molar-refractivity contribution in [2.45, 2.75) is 0 Å². The van der Waals surface area contributed by atoms with Gasteiger partial charge in [0.2, 0.25) is 0 Å². The van der Waals surface area contributed by atoms with Gasteiger partial charge in [-0.15, -0.1) is 0 Å². The average Bonchev–Trinajstić information content (AvgIpc) is 3.09. The third kappa shape index (κ3) is 5.26. The van der Waals surface area contributed by atoms with Crippen LogP contribution in [0.5, 0.6) is 0 Å². The van der Waals surface area contributed by atoms with Crippen LogP contribution in [0.2, 0.25) is 0 Å². The second-order valence-corrected chi connectivity index (χ2v) is 10.9. The van der Waals surface area contributed by atoms with Gasteiger partial charge in [-0.25, -0.2) is 0 Å². The fraction of sp³-hybridized carbons (Fsp3) is 0. The van der Waals surface area contributed by atoms with Gasteiger partial charge in [0, 0.05) is 34.1 Å². The number of hydrogen-bond acceptors (Lipinski definition) is 2. The normalized spacial score (nSPS) is 10.9. The van der Waals surface area contributed by atoms with Crippen molar-refractivity contribution in [1.82, 2.24) is 0 Å². The molecule has 7 rings (SSSR count). The summed E-state index contributed by atoms with van der Waals surface area (Å²) in [6.07, 6.45) is 1.79. The summed E-state index contributed by atoms with van der Waals surface area (Å²) in [5.41, 5.74) is 8.67. The van der Waals surface area contributed by atoms with Crippen molar-refractivity contribution >= 4 is 50.0 Å². The van der Waals surface area contributed by atoms with E-state index in [9.17, 15) is 0 Å². The molecule has 0 spiro atoms. The first kappa shape index (κ1) is 27.0. The molecule has 0 fully saturated rings. The zero-order valence-electron chi connectivity index (χ0n) is 24.5. The van der Waals surface area contributed by atoms with Gasteiger partial charge in [0.25, 0.3) is 0 Å². The van der Waals surface area contributed by atoms with E-state index in [4.69, 9.17) is 0 Å². The smallest absolute Gasteiger partial charge is 0.0468 e. The quantitative estimate of drug-likeness (QED) is 0.169. The van der Waals surface area contributed by atoms with Crippen LogP contribution in [0.4, 0.5) is 28.4 Å². The summed E-state index contributed by atoms with van der Waals surface area (Å²) in [6, 6.07) is 58.1. The number of fused-ring (bicyclic) bond motifs is 2. The van der Waals surface area contributed by atoms with Crippen molar-refractivity contribution in [1.29, 1.82) is 0 Å². The Morgan fingerprint density at radius 3 is 1.52 bits per heavy atom. The summed E-state index contributed by atoms with van der Waals surface area (Å²) >= 11 is 0. The molecule has 210 valence electrons. The first-order valence-corrected chi connectivity index (χ1v) is 14.8. The molecule has 0 aliphatic rings. The Kier molecular flexibility index (Phi) is 7.24. The summed E-state index contributed by atoms with van der Waals surface area (Å²) in [7, 11) is 0. The molecule has 2 nitrogen and oxygen atoms in total. The van der Waals surface area contributed by atoms with E-state index in [2.05, 4.69) is 169 Å². The van der Waals surface area contributed by atoms with Gasteiger partial charge in [0.05, 0.1) is 0 Å². The van der Waals surface area contributed by atoms with Crippen molar-refractivity contribution in [2.24, 2.45) is 0 Å². The number of benzene rings is 7. The number of allylic oxidation sites excluding steroid dienone is 1. The zero-order chi connectivity index (χ0) is 29.9. The number of nitrogens with zero attached hydrogens (tertiary/aromatic N) is 2. The lowest BCUT2D eigenvalue weighted by atomic mass is 10.00. The fourth-order valence-electron chi connectivity index (χ4n) is 5.84. The van der Waals surface area contributed by atoms with Crippen LogP contribution in [0, 0.1) is 0 Å². The Hall–Kier alpha value is -5.86. The van der Waals surface area contributed by atoms with Crippen LogP contribution in [0.3, 0.4) is 0 Å². The Morgan fingerprint density at radius 1 is 0.409 bits per heavy atom. The molecule has 44 heavy (non-hydrogen) atoms. The lowest BCUT2D eigenvalue weighted by Crippen LogP contribution is -2.13. The Balaban J connectivity index is 1.23. The lowest BCUT2D eigenvalue weighted by molar-refractivity contribution is 1.22. The second kappa shape index (κ2) is 11.8. The Labute approximate surface area is 259 Å². The van der Waals surface area contributed by atoms with Crippen LogP contribution in [0.25, 0.3) is 32.7 Å². The monoisotopic (exact) mass is 564 g/mol. The lowest BCUT2D eigenvalue weighted by Gasteiger charge is -2.26. The van der Waals surface area contributed by atoms with E-state index in [0.29, 0.717) is 0 Å². The van der Waals surface area contributed by atoms with Crippen LogP contribution in [0.1, 0.15) is 0 Å². The predicted molar refractivity (Wildman–Crippen MR) is 189 cm³/mol. The number of para-hydroxylation sites is 2. The summed E-state index contributed by atoms with van der Waals surface area (Å²) in [6.45, 7) is 8.16. The molecule has 0 radical (unpaired) electrons. The highest BCUT2D eigenvalue weighted by Gasteiger charge is 2.14. The first-order chi connectivity index (χ1) is 21.7. The van der Waals surface area contributed by atoms with Crippen LogP contribution in [-0.2, 0) is 0 Å². The summed E-state index contributed by atoms with van der Waals surface area (Å²) < 4.78 is 0. The van der Waals surface area contributed by atoms with Gasteiger partial charge in [-0.05, 0) is 105 Å². The van der Waals surface area contributed by atoms with E-state index in [1.807, 2.05) is 18.2 Å². The SMILES string of the molecule is C=CC(=C)N(c1ccccc1)c1ccc(-c2ccc3cc(N(c4ccccc4)c4ccc5ccccc5c4)ccc3c2)cc1. The molecular formula is C42H32N2. The summed E-state index contributed by atoms with van der Waals surface area (Å²) in [5, 5.41) is 4.86. The molecule has 0 saturated heterocycles. The molecule has 0 amide bonds. The van der Waals surface area contributed by atoms with Crippen molar-refractivity contribution < 1.29 is 0 Å². The third-order valence-corrected chi connectivity index (χ3v) is 8.08. The molecular weight excluding hydrogens is 532 g/mol. The maximum absolute atomic E-state index is 4.22. The molecule has 7 aromatic carbocycles. The van der Waals surface area contributed by atoms with Gasteiger partial charge < -0.3 is 9.80 Å². The van der Waals surface area contributed by atoms with Gasteiger partial charge in [0.15, 0.2) is 0 Å². The third-order valence-electron chi connectivity index (χ3n) is 8.08. The van der Waals surface area contributed by atoms with E-state index in [1.54, 1.807) is 6.08 Å². The highest BCUT2D eigenvalue weighted by Crippen LogP contribution is 2.38. The van der Waals surface area contributed by atoms with Crippen LogP contribution >= 0.6 is 0 Å². The Morgan fingerprint density at radius 2 is 0.864 bits per heavy atom. The van der Waals surface area contributed by atoms with E-state index < -0.39 is 0 Å². The minimum atomic E-state index is 0.832. The topological polar surface area (TPSA) is 6.48 Å². The fourth-order valence-corrected chi connectivity index (χ4v) is 5.84. The predicted octanol–water partition coefficient (Wildman–Crippen LogP) is 12.0. The zero-order valence-corrected chi connectivity index (χ0v) is 24.5. The van der Waals surface area contributed by atoms with Gasteiger partial charge in [-0.3, -0.25) is 0 Å². The highest BCUT2D eigenvalue weighted by molar-refractivity contribution is 5.94. The van der Waals surface area contributed by atoms with E-state index in [0.717, 1.165) is 34.1 Å². The molecule has 0 aromatic heterocycles. The first-order valence-electron chi connectivity index (χ1n) is 14.8. The average molecular weight is 565 g/mol. The molecule has 0 aliphatic heterocycles. The molecule has 0 N–H and O–H groups in total. The summed E-state index contributed by atoms with van der Waals surface area (Å²) in [4.78, 5) is 4.45. The van der Waals surface area contributed by atoms with Crippen molar-refractivity contribution in [3.05, 3.63) is 189 Å². The molecule has 0 atom stereocenters. The maximum Gasteiger partial charge on any atom is 0.0468 e.